The van der Waals surface area contributed by atoms with Crippen LogP contribution in [-0.2, 0) is 0 Å². The van der Waals surface area contributed by atoms with Crippen molar-refractivity contribution in [3.63, 3.8) is 0 Å². The highest BCUT2D eigenvalue weighted by atomic mass is 16.3. The number of benzene rings is 1. The van der Waals surface area contributed by atoms with Crippen LogP contribution in [0.2, 0.25) is 0 Å². The fourth-order valence-corrected chi connectivity index (χ4v) is 1.13. The number of aromatic hydroxyl groups is 1. The molecule has 0 bridgehead atoms. The number of rotatable bonds is 0. The Morgan fingerprint density at radius 1 is 1.33 bits per heavy atom. The van der Waals surface area contributed by atoms with Gasteiger partial charge in [-0.3, -0.25) is 0 Å². The average molecular weight is 158 g/mol. The maximum atomic E-state index is 9.30. The van der Waals surface area contributed by atoms with Crippen LogP contribution in [0.1, 0.15) is 5.69 Å². The largest absolute Gasteiger partial charge is 0.505 e. The van der Waals surface area contributed by atoms with Crippen molar-refractivity contribution in [2.45, 2.75) is 6.92 Å². The molecule has 0 amide bonds. The predicted octanol–water partition coefficient (Wildman–Crippen LogP) is 2.05. The average Bonchev–Trinajstić information content (AvgIpc) is 2.07. The summed E-state index contributed by atoms with van der Waals surface area (Å²) in [6, 6.07) is 10.4. The summed E-state index contributed by atoms with van der Waals surface area (Å²) in [6.45, 7) is 1.76. The lowest BCUT2D eigenvalue weighted by Crippen LogP contribution is -1.83. The lowest BCUT2D eigenvalue weighted by molar-refractivity contribution is 0.468. The van der Waals surface area contributed by atoms with Crippen molar-refractivity contribution in [1.29, 1.82) is 0 Å². The number of aryl methyl sites for hydroxylation is 1. The molecular formula is C10H8NO. The molecule has 0 unspecified atom stereocenters. The van der Waals surface area contributed by atoms with Gasteiger partial charge in [0.25, 0.3) is 0 Å². The second-order valence-corrected chi connectivity index (χ2v) is 2.69. The molecule has 1 radical (unpaired) electrons. The van der Waals surface area contributed by atoms with Crippen LogP contribution in [0.3, 0.4) is 0 Å². The van der Waals surface area contributed by atoms with E-state index in [4.69, 9.17) is 0 Å². The Morgan fingerprint density at radius 2 is 2.08 bits per heavy atom. The molecule has 2 heteroatoms. The lowest BCUT2D eigenvalue weighted by atomic mass is 10.2. The molecule has 0 aliphatic carbocycles. The number of pyridine rings is 1. The van der Waals surface area contributed by atoms with Crippen molar-refractivity contribution in [1.82, 2.24) is 4.98 Å². The molecule has 1 heterocycles. The van der Waals surface area contributed by atoms with Crippen LogP contribution in [0.5, 0.6) is 5.75 Å². The fraction of sp³-hybridized carbons (Fsp3) is 0.100. The van der Waals surface area contributed by atoms with E-state index in [1.54, 1.807) is 6.92 Å². The lowest BCUT2D eigenvalue weighted by Gasteiger charge is -1.99. The Morgan fingerprint density at radius 3 is 2.92 bits per heavy atom. The van der Waals surface area contributed by atoms with E-state index in [-0.39, 0.29) is 5.75 Å². The molecule has 2 aromatic rings. The number of para-hydroxylation sites is 1. The maximum Gasteiger partial charge on any atom is 0.145 e. The quantitative estimate of drug-likeness (QED) is 0.636. The van der Waals surface area contributed by atoms with Gasteiger partial charge in [-0.1, -0.05) is 18.2 Å². The molecule has 0 fully saturated rings. The molecule has 0 aliphatic heterocycles. The zero-order chi connectivity index (χ0) is 8.55. The van der Waals surface area contributed by atoms with Crippen molar-refractivity contribution in [3.8, 4) is 5.75 Å². The SMILES string of the molecule is Cc1nc2ccccc2[c]c1O. The summed E-state index contributed by atoms with van der Waals surface area (Å²) < 4.78 is 0. The summed E-state index contributed by atoms with van der Waals surface area (Å²) in [7, 11) is 0. The monoisotopic (exact) mass is 158 g/mol. The van der Waals surface area contributed by atoms with E-state index in [0.29, 0.717) is 5.69 Å². The molecule has 12 heavy (non-hydrogen) atoms. The summed E-state index contributed by atoms with van der Waals surface area (Å²) in [5.41, 5.74) is 1.49. The van der Waals surface area contributed by atoms with Crippen molar-refractivity contribution in [3.05, 3.63) is 36.0 Å². The van der Waals surface area contributed by atoms with E-state index < -0.39 is 0 Å². The topological polar surface area (TPSA) is 33.1 Å². The van der Waals surface area contributed by atoms with Gasteiger partial charge in [0.15, 0.2) is 0 Å². The minimum absolute atomic E-state index is 0.133. The second-order valence-electron chi connectivity index (χ2n) is 2.69. The molecule has 1 aromatic heterocycles. The number of nitrogens with zero attached hydrogens (tertiary/aromatic N) is 1. The second kappa shape index (κ2) is 2.48. The summed E-state index contributed by atoms with van der Waals surface area (Å²) in [4.78, 5) is 4.19. The van der Waals surface area contributed by atoms with Gasteiger partial charge >= 0.3 is 0 Å². The molecule has 2 rings (SSSR count). The number of hydrogen-bond donors (Lipinski definition) is 1. The van der Waals surface area contributed by atoms with E-state index in [9.17, 15) is 5.11 Å². The third-order valence-electron chi connectivity index (χ3n) is 1.79. The van der Waals surface area contributed by atoms with Crippen molar-refractivity contribution >= 4 is 10.9 Å². The van der Waals surface area contributed by atoms with Gasteiger partial charge in [0.1, 0.15) is 5.75 Å². The van der Waals surface area contributed by atoms with Crippen molar-refractivity contribution < 1.29 is 5.11 Å². The molecule has 0 atom stereocenters. The van der Waals surface area contributed by atoms with Gasteiger partial charge in [0, 0.05) is 11.5 Å². The van der Waals surface area contributed by atoms with Crippen LogP contribution in [0, 0.1) is 13.0 Å². The summed E-state index contributed by atoms with van der Waals surface area (Å²) >= 11 is 0. The molecule has 1 aromatic carbocycles. The first kappa shape index (κ1) is 7.10. The molecule has 2 nitrogen and oxygen atoms in total. The first-order chi connectivity index (χ1) is 5.77. The Balaban J connectivity index is 2.84. The highest BCUT2D eigenvalue weighted by Crippen LogP contribution is 2.19. The number of fused-ring (bicyclic) bond motifs is 1. The van der Waals surface area contributed by atoms with E-state index in [0.717, 1.165) is 10.9 Å². The van der Waals surface area contributed by atoms with E-state index in [2.05, 4.69) is 11.1 Å². The van der Waals surface area contributed by atoms with Gasteiger partial charge in [-0.15, -0.1) is 0 Å². The fourth-order valence-electron chi connectivity index (χ4n) is 1.13. The molecule has 0 spiro atoms. The maximum absolute atomic E-state index is 9.30. The number of aromatic nitrogens is 1. The van der Waals surface area contributed by atoms with Gasteiger partial charge in [-0.05, 0) is 13.0 Å². The Hall–Kier alpha value is -1.57. The highest BCUT2D eigenvalue weighted by molar-refractivity contribution is 5.79. The van der Waals surface area contributed by atoms with Crippen LogP contribution in [0.4, 0.5) is 0 Å². The summed E-state index contributed by atoms with van der Waals surface area (Å²) in [5.74, 6) is 0.133. The van der Waals surface area contributed by atoms with Crippen LogP contribution >= 0.6 is 0 Å². The van der Waals surface area contributed by atoms with Gasteiger partial charge in [0.05, 0.1) is 11.2 Å². The predicted molar refractivity (Wildman–Crippen MR) is 47.0 cm³/mol. The summed E-state index contributed by atoms with van der Waals surface area (Å²) in [6.07, 6.45) is 0. The van der Waals surface area contributed by atoms with Gasteiger partial charge in [-0.25, -0.2) is 4.98 Å². The highest BCUT2D eigenvalue weighted by Gasteiger charge is 1.99. The van der Waals surface area contributed by atoms with E-state index in [1.165, 1.54) is 0 Å². The Bertz CT molecular complexity index is 383. The Labute approximate surface area is 70.5 Å². The third-order valence-corrected chi connectivity index (χ3v) is 1.79. The van der Waals surface area contributed by atoms with Gasteiger partial charge in [0.2, 0.25) is 0 Å². The molecule has 0 saturated carbocycles. The zero-order valence-electron chi connectivity index (χ0n) is 6.70. The minimum atomic E-state index is 0.133. The first-order valence-corrected chi connectivity index (χ1v) is 3.75. The van der Waals surface area contributed by atoms with E-state index >= 15 is 0 Å². The normalized spacial score (nSPS) is 10.4. The van der Waals surface area contributed by atoms with Crippen LogP contribution < -0.4 is 0 Å². The van der Waals surface area contributed by atoms with Crippen LogP contribution in [-0.4, -0.2) is 10.1 Å². The van der Waals surface area contributed by atoms with Crippen LogP contribution in [0.15, 0.2) is 24.3 Å². The minimum Gasteiger partial charge on any atom is -0.505 e. The molecule has 0 saturated heterocycles. The Kier molecular flexibility index (Phi) is 1.47. The van der Waals surface area contributed by atoms with Crippen LogP contribution in [0.25, 0.3) is 10.9 Å². The van der Waals surface area contributed by atoms with Gasteiger partial charge in [-0.2, -0.15) is 0 Å². The molecule has 0 aliphatic rings. The van der Waals surface area contributed by atoms with Crippen molar-refractivity contribution in [2.75, 3.05) is 0 Å². The summed E-state index contributed by atoms with van der Waals surface area (Å²) in [5, 5.41) is 10.1. The zero-order valence-corrected chi connectivity index (χ0v) is 6.70. The van der Waals surface area contributed by atoms with Crippen molar-refractivity contribution in [2.24, 2.45) is 0 Å². The third kappa shape index (κ3) is 1.01. The number of hydrogen-bond acceptors (Lipinski definition) is 2. The molecule has 59 valence electrons. The van der Waals surface area contributed by atoms with Gasteiger partial charge < -0.3 is 5.11 Å². The van der Waals surface area contributed by atoms with E-state index in [1.807, 2.05) is 24.3 Å². The standard InChI is InChI=1S/C10H8NO/c1-7-10(12)6-8-4-2-3-5-9(8)11-7/h2-5,12H,1H3. The molecule has 1 N–H and O–H groups in total. The first-order valence-electron chi connectivity index (χ1n) is 3.75. The molecular weight excluding hydrogens is 150 g/mol. The smallest absolute Gasteiger partial charge is 0.145 e.